The molecule has 94 valence electrons. The summed E-state index contributed by atoms with van der Waals surface area (Å²) in [6, 6.07) is 11.8. The molecule has 19 heavy (non-hydrogen) atoms. The number of aromatic nitrogens is 4. The first-order chi connectivity index (χ1) is 9.25. The summed E-state index contributed by atoms with van der Waals surface area (Å²) in [6.45, 7) is 1.95. The summed E-state index contributed by atoms with van der Waals surface area (Å²) in [5, 5.41) is 4.58. The first-order valence-corrected chi connectivity index (χ1v) is 6.22. The minimum Gasteiger partial charge on any atom is -0.232 e. The second-order valence-corrected chi connectivity index (χ2v) is 4.47. The van der Waals surface area contributed by atoms with Gasteiger partial charge < -0.3 is 0 Å². The number of benzene rings is 1. The molecule has 1 aromatic carbocycles. The zero-order valence-electron chi connectivity index (χ0n) is 10.3. The monoisotopic (exact) mass is 270 g/mol. The second-order valence-electron chi connectivity index (χ2n) is 4.13. The van der Waals surface area contributed by atoms with Gasteiger partial charge in [0.05, 0.1) is 23.3 Å². The molecule has 0 spiro atoms. The summed E-state index contributed by atoms with van der Waals surface area (Å²) in [6.07, 6.45) is 3.46. The van der Waals surface area contributed by atoms with E-state index >= 15 is 0 Å². The van der Waals surface area contributed by atoms with Gasteiger partial charge in [0.1, 0.15) is 0 Å². The average molecular weight is 271 g/mol. The van der Waals surface area contributed by atoms with Crippen LogP contribution in [0.15, 0.2) is 48.8 Å². The topological polar surface area (TPSA) is 43.6 Å². The van der Waals surface area contributed by atoms with Gasteiger partial charge in [-0.15, -0.1) is 0 Å². The molecule has 0 aliphatic carbocycles. The molecule has 0 aliphatic rings. The molecule has 0 atom stereocenters. The molecule has 5 heteroatoms. The zero-order chi connectivity index (χ0) is 13.2. The van der Waals surface area contributed by atoms with Crippen LogP contribution >= 0.6 is 11.6 Å². The summed E-state index contributed by atoms with van der Waals surface area (Å²) in [7, 11) is 0. The smallest absolute Gasteiger partial charge is 0.222 e. The molecule has 0 saturated carbocycles. The molecule has 0 aliphatic heterocycles. The fourth-order valence-corrected chi connectivity index (χ4v) is 2.07. The molecule has 0 saturated heterocycles. The van der Waals surface area contributed by atoms with Gasteiger partial charge in [-0.25, -0.2) is 14.6 Å². The third-order valence-corrected chi connectivity index (χ3v) is 3.01. The third-order valence-electron chi connectivity index (χ3n) is 2.83. The van der Waals surface area contributed by atoms with E-state index in [0.29, 0.717) is 0 Å². The highest BCUT2D eigenvalue weighted by atomic mass is 35.5. The van der Waals surface area contributed by atoms with Crippen molar-refractivity contribution < 1.29 is 0 Å². The molecule has 3 rings (SSSR count). The fourth-order valence-electron chi connectivity index (χ4n) is 1.94. The number of aryl methyl sites for hydroxylation is 1. The molecule has 2 aromatic heterocycles. The molecular formula is C14H11ClN4. The maximum atomic E-state index is 5.88. The predicted molar refractivity (Wildman–Crippen MR) is 74.3 cm³/mol. The normalized spacial score (nSPS) is 10.6. The summed E-state index contributed by atoms with van der Waals surface area (Å²) in [5.41, 5.74) is 3.63. The first-order valence-electron chi connectivity index (χ1n) is 5.84. The van der Waals surface area contributed by atoms with Crippen molar-refractivity contribution in [2.24, 2.45) is 0 Å². The number of hydrogen-bond acceptors (Lipinski definition) is 3. The molecule has 4 nitrogen and oxygen atoms in total. The molecular weight excluding hydrogens is 260 g/mol. The van der Waals surface area contributed by atoms with Crippen molar-refractivity contribution in [3.8, 4) is 17.1 Å². The van der Waals surface area contributed by atoms with Crippen molar-refractivity contribution >= 4 is 11.6 Å². The van der Waals surface area contributed by atoms with Gasteiger partial charge in [-0.3, -0.25) is 0 Å². The van der Waals surface area contributed by atoms with Crippen molar-refractivity contribution in [3.63, 3.8) is 0 Å². The third kappa shape index (κ3) is 2.22. The van der Waals surface area contributed by atoms with Gasteiger partial charge in [-0.2, -0.15) is 5.10 Å². The van der Waals surface area contributed by atoms with E-state index in [2.05, 4.69) is 15.1 Å². The Morgan fingerprint density at radius 1 is 1.11 bits per heavy atom. The maximum Gasteiger partial charge on any atom is 0.222 e. The zero-order valence-corrected chi connectivity index (χ0v) is 11.0. The van der Waals surface area contributed by atoms with Gasteiger partial charge in [0.15, 0.2) is 0 Å². The highest BCUT2D eigenvalue weighted by Crippen LogP contribution is 2.24. The summed E-state index contributed by atoms with van der Waals surface area (Å²) >= 11 is 5.88. The molecule has 0 fully saturated rings. The lowest BCUT2D eigenvalue weighted by Gasteiger charge is -2.08. The molecule has 0 radical (unpaired) electrons. The van der Waals surface area contributed by atoms with E-state index in [1.54, 1.807) is 12.4 Å². The van der Waals surface area contributed by atoms with E-state index < -0.39 is 0 Å². The lowest BCUT2D eigenvalue weighted by molar-refractivity contribution is 0.881. The van der Waals surface area contributed by atoms with Crippen molar-refractivity contribution in [3.05, 3.63) is 59.6 Å². The lowest BCUT2D eigenvalue weighted by atomic mass is 10.2. The van der Waals surface area contributed by atoms with Crippen LogP contribution < -0.4 is 0 Å². The van der Waals surface area contributed by atoms with Gasteiger partial charge in [-0.1, -0.05) is 18.2 Å². The van der Waals surface area contributed by atoms with E-state index in [9.17, 15) is 0 Å². The average Bonchev–Trinajstić information content (AvgIpc) is 2.91. The molecule has 3 aromatic rings. The van der Waals surface area contributed by atoms with E-state index in [1.807, 2.05) is 48.0 Å². The van der Waals surface area contributed by atoms with Crippen LogP contribution in [0.3, 0.4) is 0 Å². The Labute approximate surface area is 115 Å². The van der Waals surface area contributed by atoms with Crippen LogP contribution in [0.1, 0.15) is 5.56 Å². The summed E-state index contributed by atoms with van der Waals surface area (Å²) in [4.78, 5) is 8.27. The van der Waals surface area contributed by atoms with E-state index in [4.69, 9.17) is 11.6 Å². The van der Waals surface area contributed by atoms with Gasteiger partial charge in [0.25, 0.3) is 0 Å². The number of para-hydroxylation sites is 1. The molecule has 2 heterocycles. The number of hydrogen-bond donors (Lipinski definition) is 0. The molecule has 0 amide bonds. The Balaban J connectivity index is 2.18. The molecule has 0 N–H and O–H groups in total. The van der Waals surface area contributed by atoms with Crippen molar-refractivity contribution in [2.45, 2.75) is 6.92 Å². The largest absolute Gasteiger partial charge is 0.232 e. The summed E-state index contributed by atoms with van der Waals surface area (Å²) in [5.74, 6) is 0. The minimum atomic E-state index is 0.237. The van der Waals surface area contributed by atoms with Crippen LogP contribution in [0, 0.1) is 6.92 Å². The highest BCUT2D eigenvalue weighted by Gasteiger charge is 2.12. The van der Waals surface area contributed by atoms with E-state index in [0.717, 1.165) is 22.6 Å². The Morgan fingerprint density at radius 2 is 1.89 bits per heavy atom. The van der Waals surface area contributed by atoms with Gasteiger partial charge in [-0.05, 0) is 42.3 Å². The molecule has 0 bridgehead atoms. The molecule has 0 unspecified atom stereocenters. The standard InChI is InChI=1S/C14H11ClN4/c1-10-9-16-14(15)18-13(10)12-7-8-17-19(12)11-5-3-2-4-6-11/h2-9H,1H3. The number of rotatable bonds is 2. The first kappa shape index (κ1) is 11.9. The second kappa shape index (κ2) is 4.82. The van der Waals surface area contributed by atoms with Gasteiger partial charge >= 0.3 is 0 Å². The van der Waals surface area contributed by atoms with Crippen LogP contribution in [0.25, 0.3) is 17.1 Å². The van der Waals surface area contributed by atoms with Crippen LogP contribution in [-0.2, 0) is 0 Å². The van der Waals surface area contributed by atoms with Gasteiger partial charge in [0.2, 0.25) is 5.28 Å². The van der Waals surface area contributed by atoms with E-state index in [1.165, 1.54) is 0 Å². The Morgan fingerprint density at radius 3 is 2.68 bits per heavy atom. The van der Waals surface area contributed by atoms with Crippen molar-refractivity contribution in [1.82, 2.24) is 19.7 Å². The number of nitrogens with zero attached hydrogens (tertiary/aromatic N) is 4. The Kier molecular flexibility index (Phi) is 3.01. The van der Waals surface area contributed by atoms with Crippen molar-refractivity contribution in [1.29, 1.82) is 0 Å². The van der Waals surface area contributed by atoms with Crippen LogP contribution in [0.2, 0.25) is 5.28 Å². The minimum absolute atomic E-state index is 0.237. The van der Waals surface area contributed by atoms with Crippen LogP contribution in [0.4, 0.5) is 0 Å². The predicted octanol–water partition coefficient (Wildman–Crippen LogP) is 3.29. The Bertz CT molecular complexity index is 706. The highest BCUT2D eigenvalue weighted by molar-refractivity contribution is 6.28. The van der Waals surface area contributed by atoms with Crippen LogP contribution in [0.5, 0.6) is 0 Å². The van der Waals surface area contributed by atoms with E-state index in [-0.39, 0.29) is 5.28 Å². The number of halogens is 1. The maximum absolute atomic E-state index is 5.88. The van der Waals surface area contributed by atoms with Crippen molar-refractivity contribution in [2.75, 3.05) is 0 Å². The SMILES string of the molecule is Cc1cnc(Cl)nc1-c1ccnn1-c1ccccc1. The lowest BCUT2D eigenvalue weighted by Crippen LogP contribution is -2.01. The Hall–Kier alpha value is -2.20. The quantitative estimate of drug-likeness (QED) is 0.671. The van der Waals surface area contributed by atoms with Gasteiger partial charge in [0, 0.05) is 6.20 Å². The summed E-state index contributed by atoms with van der Waals surface area (Å²) < 4.78 is 1.84. The van der Waals surface area contributed by atoms with Crippen LogP contribution in [-0.4, -0.2) is 19.7 Å². The fraction of sp³-hybridized carbons (Fsp3) is 0.0714.